The summed E-state index contributed by atoms with van der Waals surface area (Å²) in [6, 6.07) is 2.19. The number of nitriles is 1. The number of likely N-dealkylation sites (tertiary alicyclic amines) is 1. The van der Waals surface area contributed by atoms with E-state index in [4.69, 9.17) is 5.26 Å². The van der Waals surface area contributed by atoms with E-state index >= 15 is 0 Å². The Bertz CT molecular complexity index is 148. The summed E-state index contributed by atoms with van der Waals surface area (Å²) in [4.78, 5) is 2.40. The molecule has 62 valence electrons. The predicted molar refractivity (Wildman–Crippen MR) is 45.1 cm³/mol. The molecule has 2 nitrogen and oxygen atoms in total. The molecule has 11 heavy (non-hydrogen) atoms. The summed E-state index contributed by atoms with van der Waals surface area (Å²) in [5.41, 5.74) is 0. The lowest BCUT2D eigenvalue weighted by Gasteiger charge is -2.29. The highest BCUT2D eigenvalue weighted by atomic mass is 15.1. The smallest absolute Gasteiger partial charge is 0.0635 e. The van der Waals surface area contributed by atoms with Gasteiger partial charge in [0, 0.05) is 19.5 Å². The summed E-state index contributed by atoms with van der Waals surface area (Å²) in [7, 11) is 0. The van der Waals surface area contributed by atoms with Gasteiger partial charge in [-0.15, -0.1) is 0 Å². The lowest BCUT2D eigenvalue weighted by atomic mass is 10.0. The monoisotopic (exact) mass is 152 g/mol. The number of hydrogen-bond donors (Lipinski definition) is 0. The fraction of sp³-hybridized carbons (Fsp3) is 0.889. The largest absolute Gasteiger partial charge is 0.302 e. The SMILES string of the molecule is C[C@@H]1CCCN(CCC#N)C1. The van der Waals surface area contributed by atoms with E-state index in [9.17, 15) is 0 Å². The zero-order chi connectivity index (χ0) is 8.10. The molecule has 0 aromatic rings. The van der Waals surface area contributed by atoms with Gasteiger partial charge in [-0.05, 0) is 25.3 Å². The van der Waals surface area contributed by atoms with E-state index in [1.165, 1.54) is 25.9 Å². The minimum atomic E-state index is 0.687. The van der Waals surface area contributed by atoms with Crippen molar-refractivity contribution in [1.29, 1.82) is 5.26 Å². The van der Waals surface area contributed by atoms with E-state index in [2.05, 4.69) is 17.9 Å². The lowest BCUT2D eigenvalue weighted by Crippen LogP contribution is -2.34. The Kier molecular flexibility index (Phi) is 3.38. The minimum absolute atomic E-state index is 0.687. The molecule has 0 aliphatic carbocycles. The Morgan fingerprint density at radius 2 is 2.45 bits per heavy atom. The third kappa shape index (κ3) is 2.90. The van der Waals surface area contributed by atoms with Gasteiger partial charge in [-0.2, -0.15) is 5.26 Å². The second-order valence-corrected chi connectivity index (χ2v) is 3.46. The molecule has 0 aromatic carbocycles. The van der Waals surface area contributed by atoms with Crippen molar-refractivity contribution in [2.75, 3.05) is 19.6 Å². The van der Waals surface area contributed by atoms with Crippen LogP contribution in [0.2, 0.25) is 0 Å². The first-order chi connectivity index (χ1) is 5.33. The van der Waals surface area contributed by atoms with Crippen LogP contribution in [0.3, 0.4) is 0 Å². The van der Waals surface area contributed by atoms with E-state index < -0.39 is 0 Å². The number of piperidine rings is 1. The normalized spacial score (nSPS) is 26.4. The van der Waals surface area contributed by atoms with Crippen molar-refractivity contribution < 1.29 is 0 Å². The Morgan fingerprint density at radius 3 is 3.09 bits per heavy atom. The Hall–Kier alpha value is -0.550. The second-order valence-electron chi connectivity index (χ2n) is 3.46. The number of nitrogens with zero attached hydrogens (tertiary/aromatic N) is 2. The molecule has 1 fully saturated rings. The fourth-order valence-corrected chi connectivity index (χ4v) is 1.70. The van der Waals surface area contributed by atoms with E-state index in [1.807, 2.05) is 0 Å². The van der Waals surface area contributed by atoms with Crippen LogP contribution in [0, 0.1) is 17.2 Å². The van der Waals surface area contributed by atoms with Crippen LogP contribution < -0.4 is 0 Å². The van der Waals surface area contributed by atoms with Gasteiger partial charge in [0.1, 0.15) is 0 Å². The first kappa shape index (κ1) is 8.55. The zero-order valence-electron chi connectivity index (χ0n) is 7.21. The van der Waals surface area contributed by atoms with Crippen LogP contribution >= 0.6 is 0 Å². The first-order valence-corrected chi connectivity index (χ1v) is 4.42. The molecule has 0 amide bonds. The molecule has 0 unspecified atom stereocenters. The second kappa shape index (κ2) is 4.35. The molecular weight excluding hydrogens is 136 g/mol. The van der Waals surface area contributed by atoms with Crippen molar-refractivity contribution in [3.8, 4) is 6.07 Å². The van der Waals surface area contributed by atoms with Crippen LogP contribution in [0.5, 0.6) is 0 Å². The van der Waals surface area contributed by atoms with Gasteiger partial charge in [0.05, 0.1) is 6.07 Å². The van der Waals surface area contributed by atoms with Gasteiger partial charge in [-0.25, -0.2) is 0 Å². The molecule has 0 N–H and O–H groups in total. The maximum Gasteiger partial charge on any atom is 0.0635 e. The molecule has 1 heterocycles. The molecule has 0 aromatic heterocycles. The van der Waals surface area contributed by atoms with Crippen LogP contribution in [0.4, 0.5) is 0 Å². The van der Waals surface area contributed by atoms with Gasteiger partial charge in [-0.3, -0.25) is 0 Å². The average Bonchev–Trinajstić information content (AvgIpc) is 2.01. The first-order valence-electron chi connectivity index (χ1n) is 4.42. The van der Waals surface area contributed by atoms with Gasteiger partial charge in [0.2, 0.25) is 0 Å². The molecule has 0 saturated carbocycles. The standard InChI is InChI=1S/C9H16N2/c1-9-4-2-6-11(8-9)7-3-5-10/h9H,2-4,6-8H2,1H3/t9-/m1/s1. The van der Waals surface area contributed by atoms with Gasteiger partial charge in [0.25, 0.3) is 0 Å². The molecule has 0 radical (unpaired) electrons. The molecule has 1 saturated heterocycles. The molecule has 0 spiro atoms. The highest BCUT2D eigenvalue weighted by Gasteiger charge is 2.14. The van der Waals surface area contributed by atoms with Crippen molar-refractivity contribution in [2.45, 2.75) is 26.2 Å². The molecule has 0 bridgehead atoms. The predicted octanol–water partition coefficient (Wildman–Crippen LogP) is 1.63. The van der Waals surface area contributed by atoms with Crippen molar-refractivity contribution in [1.82, 2.24) is 4.90 Å². The molecule has 1 aliphatic rings. The molecule has 1 aliphatic heterocycles. The summed E-state index contributed by atoms with van der Waals surface area (Å²) in [6.07, 6.45) is 3.36. The number of rotatable bonds is 2. The summed E-state index contributed by atoms with van der Waals surface area (Å²) < 4.78 is 0. The maximum absolute atomic E-state index is 8.39. The van der Waals surface area contributed by atoms with Crippen molar-refractivity contribution in [2.24, 2.45) is 5.92 Å². The minimum Gasteiger partial charge on any atom is -0.302 e. The molecular formula is C9H16N2. The third-order valence-electron chi connectivity index (χ3n) is 2.28. The fourth-order valence-electron chi connectivity index (χ4n) is 1.70. The molecule has 1 rings (SSSR count). The molecule has 2 heteroatoms. The average molecular weight is 152 g/mol. The Morgan fingerprint density at radius 1 is 1.64 bits per heavy atom. The van der Waals surface area contributed by atoms with Crippen LogP contribution in [0.1, 0.15) is 26.2 Å². The van der Waals surface area contributed by atoms with E-state index in [0.717, 1.165) is 12.5 Å². The van der Waals surface area contributed by atoms with Gasteiger partial charge >= 0.3 is 0 Å². The highest BCUT2D eigenvalue weighted by molar-refractivity contribution is 4.75. The summed E-state index contributed by atoms with van der Waals surface area (Å²) in [6.45, 7) is 5.66. The van der Waals surface area contributed by atoms with E-state index in [1.54, 1.807) is 0 Å². The van der Waals surface area contributed by atoms with Crippen molar-refractivity contribution in [3.05, 3.63) is 0 Å². The van der Waals surface area contributed by atoms with E-state index in [0.29, 0.717) is 6.42 Å². The van der Waals surface area contributed by atoms with Gasteiger partial charge < -0.3 is 4.90 Å². The number of hydrogen-bond acceptors (Lipinski definition) is 2. The van der Waals surface area contributed by atoms with Gasteiger partial charge in [0.15, 0.2) is 0 Å². The third-order valence-corrected chi connectivity index (χ3v) is 2.28. The van der Waals surface area contributed by atoms with Crippen LogP contribution in [-0.2, 0) is 0 Å². The van der Waals surface area contributed by atoms with Crippen LogP contribution in [0.25, 0.3) is 0 Å². The van der Waals surface area contributed by atoms with Crippen LogP contribution in [-0.4, -0.2) is 24.5 Å². The molecule has 1 atom stereocenters. The van der Waals surface area contributed by atoms with Crippen molar-refractivity contribution >= 4 is 0 Å². The van der Waals surface area contributed by atoms with Gasteiger partial charge in [-0.1, -0.05) is 6.92 Å². The van der Waals surface area contributed by atoms with Crippen molar-refractivity contribution in [3.63, 3.8) is 0 Å². The Labute approximate surface area is 68.8 Å². The maximum atomic E-state index is 8.39. The summed E-state index contributed by atoms with van der Waals surface area (Å²) in [5, 5.41) is 8.39. The summed E-state index contributed by atoms with van der Waals surface area (Å²) in [5.74, 6) is 0.836. The Balaban J connectivity index is 2.18. The summed E-state index contributed by atoms with van der Waals surface area (Å²) >= 11 is 0. The highest BCUT2D eigenvalue weighted by Crippen LogP contribution is 2.14. The zero-order valence-corrected chi connectivity index (χ0v) is 7.21. The van der Waals surface area contributed by atoms with E-state index in [-0.39, 0.29) is 0 Å². The quantitative estimate of drug-likeness (QED) is 0.601. The van der Waals surface area contributed by atoms with Crippen LogP contribution in [0.15, 0.2) is 0 Å². The lowest BCUT2D eigenvalue weighted by molar-refractivity contribution is 0.187. The topological polar surface area (TPSA) is 27.0 Å².